The van der Waals surface area contributed by atoms with Crippen molar-refractivity contribution in [1.29, 1.82) is 0 Å². The van der Waals surface area contributed by atoms with Crippen LogP contribution in [0.15, 0.2) is 18.2 Å². The van der Waals surface area contributed by atoms with Crippen molar-refractivity contribution in [2.75, 3.05) is 18.5 Å². The molecular weight excluding hydrogens is 268 g/mol. The summed E-state index contributed by atoms with van der Waals surface area (Å²) in [6.45, 7) is 6.75. The first kappa shape index (κ1) is 17.1. The topological polar surface area (TPSA) is 55.1 Å². The number of rotatable bonds is 4. The minimum absolute atomic E-state index is 0. The number of nitrogen functional groups attached to an aromatic ring is 1. The Labute approximate surface area is 119 Å². The molecule has 0 aliphatic rings. The molecule has 0 radical (unpaired) electrons. The molecule has 1 aromatic rings. The lowest BCUT2D eigenvalue weighted by atomic mass is 10.1. The van der Waals surface area contributed by atoms with Gasteiger partial charge in [-0.1, -0.05) is 6.07 Å². The van der Waals surface area contributed by atoms with Crippen LogP contribution in [-0.4, -0.2) is 23.5 Å². The van der Waals surface area contributed by atoms with Gasteiger partial charge in [0.1, 0.15) is 0 Å². The molecule has 0 spiro atoms. The Bertz CT molecular complexity index is 421. The summed E-state index contributed by atoms with van der Waals surface area (Å²) in [5, 5.41) is 2.94. The molecule has 0 saturated heterocycles. The zero-order valence-corrected chi connectivity index (χ0v) is 12.9. The molecule has 102 valence electrons. The molecule has 0 bridgehead atoms. The van der Waals surface area contributed by atoms with Gasteiger partial charge in [0.05, 0.1) is 0 Å². The molecular formula is C13H21ClN2OS. The molecule has 1 amide bonds. The van der Waals surface area contributed by atoms with Gasteiger partial charge in [-0.2, -0.15) is 11.8 Å². The normalized spacial score (nSPS) is 10.7. The standard InChI is InChI=1S/C13H20N2OS.ClH/c1-9-5-6-10(14)7-11(9)12(16)15-8-13(2,3)17-4;/h5-7H,8,14H2,1-4H3,(H,15,16);1H. The van der Waals surface area contributed by atoms with Gasteiger partial charge in [0.15, 0.2) is 0 Å². The van der Waals surface area contributed by atoms with Gasteiger partial charge in [-0.3, -0.25) is 4.79 Å². The Balaban J connectivity index is 0.00000289. The number of nitrogens with two attached hydrogens (primary N) is 1. The summed E-state index contributed by atoms with van der Waals surface area (Å²) in [5.41, 5.74) is 7.90. The summed E-state index contributed by atoms with van der Waals surface area (Å²) in [6, 6.07) is 5.39. The Hall–Kier alpha value is -0.870. The molecule has 18 heavy (non-hydrogen) atoms. The highest BCUT2D eigenvalue weighted by Gasteiger charge is 2.18. The number of amides is 1. The fourth-order valence-electron chi connectivity index (χ4n) is 1.34. The smallest absolute Gasteiger partial charge is 0.251 e. The third-order valence-corrected chi connectivity index (χ3v) is 3.98. The van der Waals surface area contributed by atoms with Gasteiger partial charge in [-0.05, 0) is 44.7 Å². The van der Waals surface area contributed by atoms with E-state index >= 15 is 0 Å². The number of aryl methyl sites for hydroxylation is 1. The van der Waals surface area contributed by atoms with Gasteiger partial charge in [0.25, 0.3) is 5.91 Å². The number of thioether (sulfide) groups is 1. The number of hydrogen-bond donors (Lipinski definition) is 2. The van der Waals surface area contributed by atoms with Crippen molar-refractivity contribution < 1.29 is 4.79 Å². The SMILES string of the molecule is CSC(C)(C)CNC(=O)c1cc(N)ccc1C.Cl. The van der Waals surface area contributed by atoms with E-state index < -0.39 is 0 Å². The van der Waals surface area contributed by atoms with Crippen molar-refractivity contribution in [3.63, 3.8) is 0 Å². The maximum atomic E-state index is 12.0. The van der Waals surface area contributed by atoms with E-state index in [1.165, 1.54) is 0 Å². The minimum atomic E-state index is -0.0584. The van der Waals surface area contributed by atoms with Crippen molar-refractivity contribution in [3.8, 4) is 0 Å². The van der Waals surface area contributed by atoms with Crippen LogP contribution in [0.1, 0.15) is 29.8 Å². The van der Waals surface area contributed by atoms with Crippen molar-refractivity contribution in [3.05, 3.63) is 29.3 Å². The lowest BCUT2D eigenvalue weighted by Gasteiger charge is -2.22. The second kappa shape index (κ2) is 6.90. The first-order valence-corrected chi connectivity index (χ1v) is 6.78. The largest absolute Gasteiger partial charge is 0.399 e. The van der Waals surface area contributed by atoms with Crippen molar-refractivity contribution in [2.45, 2.75) is 25.5 Å². The molecule has 3 N–H and O–H groups in total. The average Bonchev–Trinajstić information content (AvgIpc) is 2.29. The summed E-state index contributed by atoms with van der Waals surface area (Å²) in [6.07, 6.45) is 2.04. The summed E-state index contributed by atoms with van der Waals surface area (Å²) >= 11 is 1.73. The molecule has 0 atom stereocenters. The third kappa shape index (κ3) is 4.78. The Morgan fingerprint density at radius 1 is 1.44 bits per heavy atom. The van der Waals surface area contributed by atoms with Gasteiger partial charge in [0.2, 0.25) is 0 Å². The molecule has 1 aromatic carbocycles. The number of halogens is 1. The van der Waals surface area contributed by atoms with Gasteiger partial charge in [0, 0.05) is 22.5 Å². The minimum Gasteiger partial charge on any atom is -0.399 e. The molecule has 0 unspecified atom stereocenters. The van der Waals surface area contributed by atoms with Gasteiger partial charge in [-0.15, -0.1) is 12.4 Å². The number of carbonyl (C=O) groups excluding carboxylic acids is 1. The fourth-order valence-corrected chi connectivity index (χ4v) is 1.56. The van der Waals surface area contributed by atoms with Crippen LogP contribution < -0.4 is 11.1 Å². The highest BCUT2D eigenvalue weighted by molar-refractivity contribution is 7.99. The number of hydrogen-bond acceptors (Lipinski definition) is 3. The van der Waals surface area contributed by atoms with Gasteiger partial charge in [-0.25, -0.2) is 0 Å². The van der Waals surface area contributed by atoms with E-state index in [2.05, 4.69) is 19.2 Å². The highest BCUT2D eigenvalue weighted by atomic mass is 35.5. The maximum Gasteiger partial charge on any atom is 0.251 e. The number of carbonyl (C=O) groups is 1. The number of anilines is 1. The van der Waals surface area contributed by atoms with Crippen LogP contribution in [0.3, 0.4) is 0 Å². The lowest BCUT2D eigenvalue weighted by Crippen LogP contribution is -2.36. The Morgan fingerprint density at radius 3 is 2.61 bits per heavy atom. The van der Waals surface area contributed by atoms with E-state index in [0.29, 0.717) is 17.8 Å². The van der Waals surface area contributed by atoms with Gasteiger partial charge < -0.3 is 11.1 Å². The first-order valence-electron chi connectivity index (χ1n) is 5.55. The molecule has 0 aliphatic heterocycles. The molecule has 0 fully saturated rings. The summed E-state index contributed by atoms with van der Waals surface area (Å²) in [4.78, 5) is 12.0. The third-order valence-electron chi connectivity index (χ3n) is 2.73. The van der Waals surface area contributed by atoms with Crippen LogP contribution in [0.4, 0.5) is 5.69 Å². The Morgan fingerprint density at radius 2 is 2.06 bits per heavy atom. The zero-order chi connectivity index (χ0) is 13.1. The summed E-state index contributed by atoms with van der Waals surface area (Å²) in [7, 11) is 0. The molecule has 0 aliphatic carbocycles. The monoisotopic (exact) mass is 288 g/mol. The summed E-state index contributed by atoms with van der Waals surface area (Å²) < 4.78 is 0.0455. The highest BCUT2D eigenvalue weighted by Crippen LogP contribution is 2.20. The van der Waals surface area contributed by atoms with E-state index in [1.807, 2.05) is 19.2 Å². The molecule has 3 nitrogen and oxygen atoms in total. The van der Waals surface area contributed by atoms with E-state index in [4.69, 9.17) is 5.73 Å². The van der Waals surface area contributed by atoms with Crippen molar-refractivity contribution in [2.24, 2.45) is 0 Å². The van der Waals surface area contributed by atoms with Crippen LogP contribution in [-0.2, 0) is 0 Å². The predicted molar refractivity (Wildman–Crippen MR) is 82.8 cm³/mol. The van der Waals surface area contributed by atoms with Crippen molar-refractivity contribution in [1.82, 2.24) is 5.32 Å². The number of benzene rings is 1. The lowest BCUT2D eigenvalue weighted by molar-refractivity contribution is 0.0950. The molecule has 0 heterocycles. The molecule has 1 rings (SSSR count). The van der Waals surface area contributed by atoms with E-state index in [9.17, 15) is 4.79 Å². The second-order valence-electron chi connectivity index (χ2n) is 4.72. The van der Waals surface area contributed by atoms with E-state index in [1.54, 1.807) is 23.9 Å². The second-order valence-corrected chi connectivity index (χ2v) is 6.23. The molecule has 5 heteroatoms. The summed E-state index contributed by atoms with van der Waals surface area (Å²) in [5.74, 6) is -0.0584. The van der Waals surface area contributed by atoms with Crippen LogP contribution in [0.25, 0.3) is 0 Å². The fraction of sp³-hybridized carbons (Fsp3) is 0.462. The zero-order valence-electron chi connectivity index (χ0n) is 11.2. The van der Waals surface area contributed by atoms with Crippen LogP contribution in [0.2, 0.25) is 0 Å². The average molecular weight is 289 g/mol. The van der Waals surface area contributed by atoms with Crippen LogP contribution >= 0.6 is 24.2 Å². The van der Waals surface area contributed by atoms with Gasteiger partial charge >= 0.3 is 0 Å². The first-order chi connectivity index (χ1) is 7.85. The molecule has 0 saturated carbocycles. The van der Waals surface area contributed by atoms with E-state index in [0.717, 1.165) is 5.56 Å². The number of nitrogens with one attached hydrogen (secondary N) is 1. The maximum absolute atomic E-state index is 12.0. The Kier molecular flexibility index (Phi) is 6.57. The quantitative estimate of drug-likeness (QED) is 0.838. The molecule has 0 aromatic heterocycles. The predicted octanol–water partition coefficient (Wildman–Crippen LogP) is 2.87. The van der Waals surface area contributed by atoms with Crippen LogP contribution in [0, 0.1) is 6.92 Å². The van der Waals surface area contributed by atoms with Crippen molar-refractivity contribution >= 4 is 35.8 Å². The van der Waals surface area contributed by atoms with E-state index in [-0.39, 0.29) is 23.1 Å². The van der Waals surface area contributed by atoms with Crippen LogP contribution in [0.5, 0.6) is 0 Å².